The second-order valence-corrected chi connectivity index (χ2v) is 7.34. The van der Waals surface area contributed by atoms with Crippen molar-refractivity contribution in [3.63, 3.8) is 0 Å². The van der Waals surface area contributed by atoms with Gasteiger partial charge in [0.1, 0.15) is 5.54 Å². The van der Waals surface area contributed by atoms with Gasteiger partial charge in [-0.1, -0.05) is 24.6 Å². The van der Waals surface area contributed by atoms with Crippen LogP contribution in [0, 0.1) is 0 Å². The zero-order valence-corrected chi connectivity index (χ0v) is 14.0. The topological polar surface area (TPSA) is 59.6 Å². The van der Waals surface area contributed by atoms with Crippen LogP contribution in [0.5, 0.6) is 0 Å². The van der Waals surface area contributed by atoms with Crippen LogP contribution in [0.3, 0.4) is 0 Å². The zero-order valence-electron chi connectivity index (χ0n) is 14.0. The minimum absolute atomic E-state index is 0.00814. The fourth-order valence-electron chi connectivity index (χ4n) is 5.52. The van der Waals surface area contributed by atoms with E-state index in [2.05, 4.69) is 23.2 Å². The number of benzene rings is 1. The molecule has 1 spiro atoms. The first kappa shape index (κ1) is 14.3. The van der Waals surface area contributed by atoms with Gasteiger partial charge in [-0.2, -0.15) is 0 Å². The number of nitrogens with one attached hydrogen (secondary N) is 1. The van der Waals surface area contributed by atoms with Gasteiger partial charge < -0.3 is 15.0 Å². The summed E-state index contributed by atoms with van der Waals surface area (Å²) in [6.07, 6.45) is 4.33. The first-order valence-corrected chi connectivity index (χ1v) is 9.05. The molecule has 3 aliphatic rings. The number of hydrogen-bond donors (Lipinski definition) is 2. The largest absolute Gasteiger partial charge is 0.368 e. The third kappa shape index (κ3) is 1.39. The second-order valence-electron chi connectivity index (χ2n) is 7.34. The Kier molecular flexibility index (Phi) is 2.71. The van der Waals surface area contributed by atoms with Crippen LogP contribution in [0.15, 0.2) is 24.3 Å². The number of likely N-dealkylation sites (N-methyl/N-ethyl adjacent to an activating group) is 1. The molecule has 126 valence electrons. The van der Waals surface area contributed by atoms with Crippen LogP contribution in [0.1, 0.15) is 43.9 Å². The molecule has 1 saturated carbocycles. The summed E-state index contributed by atoms with van der Waals surface area (Å²) < 4.78 is 0. The van der Waals surface area contributed by atoms with E-state index in [1.54, 1.807) is 4.90 Å². The summed E-state index contributed by atoms with van der Waals surface area (Å²) in [6.45, 7) is 3.19. The van der Waals surface area contributed by atoms with Crippen LogP contribution in [0.2, 0.25) is 0 Å². The summed E-state index contributed by atoms with van der Waals surface area (Å²) in [5.41, 5.74) is 1.74. The van der Waals surface area contributed by atoms with Gasteiger partial charge in [0.15, 0.2) is 5.72 Å². The number of para-hydroxylation sites is 1. The molecule has 2 aromatic rings. The van der Waals surface area contributed by atoms with E-state index < -0.39 is 11.3 Å². The van der Waals surface area contributed by atoms with E-state index in [1.165, 1.54) is 10.9 Å². The number of rotatable bonds is 1. The van der Waals surface area contributed by atoms with E-state index >= 15 is 0 Å². The van der Waals surface area contributed by atoms with E-state index in [9.17, 15) is 9.90 Å². The summed E-state index contributed by atoms with van der Waals surface area (Å²) in [5, 5.41) is 13.0. The fourth-order valence-corrected chi connectivity index (χ4v) is 5.52. The number of amides is 2. The highest BCUT2D eigenvalue weighted by Gasteiger charge is 2.69. The molecule has 1 saturated heterocycles. The van der Waals surface area contributed by atoms with Crippen molar-refractivity contribution in [2.75, 3.05) is 13.1 Å². The van der Waals surface area contributed by atoms with Crippen molar-refractivity contribution in [1.82, 2.24) is 14.8 Å². The quantitative estimate of drug-likeness (QED) is 0.847. The van der Waals surface area contributed by atoms with E-state index in [0.29, 0.717) is 19.5 Å². The molecule has 5 rings (SSSR count). The Morgan fingerprint density at radius 2 is 2.04 bits per heavy atom. The van der Waals surface area contributed by atoms with E-state index in [-0.39, 0.29) is 6.03 Å². The highest BCUT2D eigenvalue weighted by molar-refractivity contribution is 5.88. The average molecular weight is 325 g/mol. The van der Waals surface area contributed by atoms with Crippen LogP contribution in [0.25, 0.3) is 10.9 Å². The average Bonchev–Trinajstić information content (AvgIpc) is 3.06. The number of H-pyrrole nitrogens is 1. The van der Waals surface area contributed by atoms with Gasteiger partial charge >= 0.3 is 6.03 Å². The maximum Gasteiger partial charge on any atom is 0.323 e. The summed E-state index contributed by atoms with van der Waals surface area (Å²) in [4.78, 5) is 20.3. The molecule has 2 fully saturated rings. The van der Waals surface area contributed by atoms with Crippen LogP contribution in [-0.4, -0.2) is 44.7 Å². The summed E-state index contributed by atoms with van der Waals surface area (Å²) >= 11 is 0. The van der Waals surface area contributed by atoms with Crippen LogP contribution in [0.4, 0.5) is 4.79 Å². The molecule has 3 heterocycles. The Labute approximate surface area is 141 Å². The highest BCUT2D eigenvalue weighted by atomic mass is 16.3. The minimum atomic E-state index is -1.10. The SMILES string of the molecule is CCN1C(=O)N2CCc3c([nH]c4ccccc34)C23CCCCC13O. The number of nitrogens with zero attached hydrogens (tertiary/aromatic N) is 2. The van der Waals surface area contributed by atoms with E-state index in [0.717, 1.165) is 36.9 Å². The predicted molar refractivity (Wildman–Crippen MR) is 91.6 cm³/mol. The third-order valence-corrected chi connectivity index (χ3v) is 6.47. The van der Waals surface area contributed by atoms with Crippen molar-refractivity contribution in [3.8, 4) is 0 Å². The number of fused-ring (bicyclic) bond motifs is 3. The lowest BCUT2D eigenvalue weighted by Crippen LogP contribution is -2.62. The summed E-state index contributed by atoms with van der Waals surface area (Å²) in [5.74, 6) is 0. The van der Waals surface area contributed by atoms with Gasteiger partial charge in [0, 0.05) is 24.0 Å². The monoisotopic (exact) mass is 325 g/mol. The fraction of sp³-hybridized carbons (Fsp3) is 0.526. The molecule has 2 atom stereocenters. The highest BCUT2D eigenvalue weighted by Crippen LogP contribution is 2.57. The lowest BCUT2D eigenvalue weighted by Gasteiger charge is -2.51. The maximum absolute atomic E-state index is 13.0. The standard InChI is InChI=1S/C19H23N3O2/c1-2-21-17(23)22-12-9-14-13-7-3-4-8-15(13)20-16(14)18(22)10-5-6-11-19(18,21)24/h3-4,7-8,20,24H,2,5-6,9-12H2,1H3. The van der Waals surface area contributed by atoms with Crippen LogP contribution >= 0.6 is 0 Å². The lowest BCUT2D eigenvalue weighted by atomic mass is 9.69. The molecule has 2 amide bonds. The predicted octanol–water partition coefficient (Wildman–Crippen LogP) is 2.94. The smallest absolute Gasteiger partial charge is 0.323 e. The van der Waals surface area contributed by atoms with Crippen molar-refractivity contribution in [2.45, 2.75) is 50.3 Å². The number of carbonyl (C=O) groups excluding carboxylic acids is 1. The van der Waals surface area contributed by atoms with Crippen LogP contribution in [-0.2, 0) is 12.0 Å². The summed E-state index contributed by atoms with van der Waals surface area (Å²) in [7, 11) is 0. The first-order chi connectivity index (χ1) is 11.6. The molecule has 1 aliphatic carbocycles. The van der Waals surface area contributed by atoms with Crippen molar-refractivity contribution in [1.29, 1.82) is 0 Å². The van der Waals surface area contributed by atoms with Crippen molar-refractivity contribution in [3.05, 3.63) is 35.5 Å². The number of aromatic nitrogens is 1. The lowest BCUT2D eigenvalue weighted by molar-refractivity contribution is -0.162. The Morgan fingerprint density at radius 1 is 1.25 bits per heavy atom. The van der Waals surface area contributed by atoms with Crippen molar-refractivity contribution >= 4 is 16.9 Å². The second kappa shape index (κ2) is 4.54. The Bertz CT molecular complexity index is 844. The molecule has 2 N–H and O–H groups in total. The number of hydrogen-bond acceptors (Lipinski definition) is 2. The Balaban J connectivity index is 1.83. The minimum Gasteiger partial charge on any atom is -0.368 e. The molecular weight excluding hydrogens is 302 g/mol. The van der Waals surface area contributed by atoms with Gasteiger partial charge in [0.25, 0.3) is 0 Å². The maximum atomic E-state index is 13.0. The number of aromatic amines is 1. The van der Waals surface area contributed by atoms with Gasteiger partial charge in [-0.15, -0.1) is 0 Å². The number of urea groups is 1. The van der Waals surface area contributed by atoms with Gasteiger partial charge in [-0.3, -0.25) is 4.90 Å². The molecular formula is C19H23N3O2. The van der Waals surface area contributed by atoms with E-state index in [4.69, 9.17) is 0 Å². The summed E-state index contributed by atoms with van der Waals surface area (Å²) in [6, 6.07) is 8.32. The van der Waals surface area contributed by atoms with Gasteiger partial charge in [0.05, 0.1) is 5.69 Å². The van der Waals surface area contributed by atoms with Gasteiger partial charge in [0.2, 0.25) is 0 Å². The molecule has 0 radical (unpaired) electrons. The molecule has 1 aromatic carbocycles. The molecule has 2 unspecified atom stereocenters. The Morgan fingerprint density at radius 3 is 2.88 bits per heavy atom. The molecule has 0 bridgehead atoms. The third-order valence-electron chi connectivity index (χ3n) is 6.47. The molecule has 5 nitrogen and oxygen atoms in total. The number of carbonyl (C=O) groups is 1. The van der Waals surface area contributed by atoms with Crippen molar-refractivity contribution in [2.24, 2.45) is 0 Å². The van der Waals surface area contributed by atoms with Crippen LogP contribution < -0.4 is 0 Å². The van der Waals surface area contributed by atoms with Gasteiger partial charge in [-0.05, 0) is 44.2 Å². The first-order valence-electron chi connectivity index (χ1n) is 9.05. The Hall–Kier alpha value is -2.01. The number of aliphatic hydroxyl groups is 1. The normalized spacial score (nSPS) is 32.0. The molecule has 5 heteroatoms. The van der Waals surface area contributed by atoms with E-state index in [1.807, 2.05) is 17.9 Å². The molecule has 2 aliphatic heterocycles. The van der Waals surface area contributed by atoms with Gasteiger partial charge in [-0.25, -0.2) is 4.79 Å². The molecule has 24 heavy (non-hydrogen) atoms. The zero-order chi connectivity index (χ0) is 16.5. The molecule has 1 aromatic heterocycles. The van der Waals surface area contributed by atoms with Crippen molar-refractivity contribution < 1.29 is 9.90 Å².